The summed E-state index contributed by atoms with van der Waals surface area (Å²) in [6, 6.07) is 12.3. The maximum atomic E-state index is 12.4. The lowest BCUT2D eigenvalue weighted by molar-refractivity contribution is 0.197. The van der Waals surface area contributed by atoms with Crippen LogP contribution in [0.3, 0.4) is 0 Å². The zero-order valence-corrected chi connectivity index (χ0v) is 14.5. The lowest BCUT2D eigenvalue weighted by atomic mass is 10.0. The Balaban J connectivity index is 1.65. The molecular weight excluding hydrogens is 300 g/mol. The second-order valence-electron chi connectivity index (χ2n) is 6.78. The summed E-state index contributed by atoms with van der Waals surface area (Å²) in [5, 5.41) is 7.84. The summed E-state index contributed by atoms with van der Waals surface area (Å²) in [6.45, 7) is 6.70. The van der Waals surface area contributed by atoms with E-state index in [-0.39, 0.29) is 12.1 Å². The largest absolute Gasteiger partial charge is 0.333 e. The molecule has 2 aromatic rings. The lowest BCUT2D eigenvalue weighted by Crippen LogP contribution is -2.47. The molecule has 1 aromatic carbocycles. The van der Waals surface area contributed by atoms with E-state index < -0.39 is 0 Å². The number of nitrogens with one attached hydrogen (secondary N) is 1. The molecule has 0 saturated carbocycles. The Morgan fingerprint density at radius 2 is 1.88 bits per heavy atom. The second-order valence-corrected chi connectivity index (χ2v) is 6.78. The molecular formula is C19H26N4O. The third-order valence-electron chi connectivity index (χ3n) is 4.60. The molecule has 5 nitrogen and oxygen atoms in total. The highest BCUT2D eigenvalue weighted by Gasteiger charge is 2.23. The highest BCUT2D eigenvalue weighted by atomic mass is 16.2. The van der Waals surface area contributed by atoms with Crippen molar-refractivity contribution in [2.75, 3.05) is 13.1 Å². The van der Waals surface area contributed by atoms with E-state index in [9.17, 15) is 4.79 Å². The van der Waals surface area contributed by atoms with E-state index in [4.69, 9.17) is 0 Å². The molecule has 2 heterocycles. The first-order valence-corrected chi connectivity index (χ1v) is 8.78. The Kier molecular flexibility index (Phi) is 5.18. The van der Waals surface area contributed by atoms with Gasteiger partial charge >= 0.3 is 6.03 Å². The Hall–Kier alpha value is -2.30. The molecule has 0 unspecified atom stereocenters. The van der Waals surface area contributed by atoms with Gasteiger partial charge in [0.2, 0.25) is 0 Å². The highest BCUT2D eigenvalue weighted by molar-refractivity contribution is 5.74. The average molecular weight is 326 g/mol. The summed E-state index contributed by atoms with van der Waals surface area (Å²) in [4.78, 5) is 14.3. The number of rotatable bonds is 5. The highest BCUT2D eigenvalue weighted by Crippen LogP contribution is 2.17. The van der Waals surface area contributed by atoms with Crippen molar-refractivity contribution in [1.29, 1.82) is 0 Å². The Morgan fingerprint density at radius 3 is 2.54 bits per heavy atom. The van der Waals surface area contributed by atoms with Crippen molar-refractivity contribution in [2.45, 2.75) is 39.3 Å². The standard InChI is InChI=1S/C19H26N4O/c1-15(2)18(20-19(24)22-11-6-7-12-22)14-23-13-10-17(21-23)16-8-4-3-5-9-16/h3-5,8-10,13,15,18H,6-7,11-12,14H2,1-2H3,(H,20,24)/t18-/m1/s1. The first-order valence-electron chi connectivity index (χ1n) is 8.78. The van der Waals surface area contributed by atoms with Crippen molar-refractivity contribution in [1.82, 2.24) is 20.0 Å². The van der Waals surface area contributed by atoms with E-state index in [0.29, 0.717) is 12.5 Å². The van der Waals surface area contributed by atoms with Gasteiger partial charge < -0.3 is 10.2 Å². The van der Waals surface area contributed by atoms with E-state index >= 15 is 0 Å². The molecule has 1 aliphatic heterocycles. The fourth-order valence-electron chi connectivity index (χ4n) is 3.02. The van der Waals surface area contributed by atoms with Crippen LogP contribution in [0.5, 0.6) is 0 Å². The second kappa shape index (κ2) is 7.51. The maximum absolute atomic E-state index is 12.4. The number of carbonyl (C=O) groups excluding carboxylic acids is 1. The summed E-state index contributed by atoms with van der Waals surface area (Å²) in [5.41, 5.74) is 2.07. The monoisotopic (exact) mass is 326 g/mol. The Morgan fingerprint density at radius 1 is 1.17 bits per heavy atom. The number of amides is 2. The normalized spacial score (nSPS) is 15.7. The zero-order chi connectivity index (χ0) is 16.9. The first kappa shape index (κ1) is 16.6. The summed E-state index contributed by atoms with van der Waals surface area (Å²) in [7, 11) is 0. The molecule has 1 N–H and O–H groups in total. The van der Waals surface area contributed by atoms with Crippen LogP contribution in [0.1, 0.15) is 26.7 Å². The molecule has 24 heavy (non-hydrogen) atoms. The van der Waals surface area contributed by atoms with Gasteiger partial charge in [-0.3, -0.25) is 4.68 Å². The van der Waals surface area contributed by atoms with Crippen LogP contribution in [0.25, 0.3) is 11.3 Å². The Labute approximate surface area is 143 Å². The molecule has 1 saturated heterocycles. The number of urea groups is 1. The predicted octanol–water partition coefficient (Wildman–Crippen LogP) is 3.38. The van der Waals surface area contributed by atoms with Gasteiger partial charge in [0, 0.05) is 24.8 Å². The summed E-state index contributed by atoms with van der Waals surface area (Å²) in [6.07, 6.45) is 4.21. The third kappa shape index (κ3) is 3.96. The topological polar surface area (TPSA) is 50.2 Å². The number of likely N-dealkylation sites (tertiary alicyclic amines) is 1. The molecule has 0 aliphatic carbocycles. The molecule has 1 atom stereocenters. The van der Waals surface area contributed by atoms with E-state index in [0.717, 1.165) is 37.2 Å². The SMILES string of the molecule is CC(C)[C@@H](Cn1ccc(-c2ccccc2)n1)NC(=O)N1CCCC1. The Bertz CT molecular complexity index is 659. The predicted molar refractivity (Wildman–Crippen MR) is 95.6 cm³/mol. The fraction of sp³-hybridized carbons (Fsp3) is 0.474. The summed E-state index contributed by atoms with van der Waals surface area (Å²) >= 11 is 0. The molecule has 3 rings (SSSR count). The quantitative estimate of drug-likeness (QED) is 0.916. The minimum absolute atomic E-state index is 0.0571. The summed E-state index contributed by atoms with van der Waals surface area (Å²) in [5.74, 6) is 0.348. The van der Waals surface area contributed by atoms with Gasteiger partial charge in [-0.15, -0.1) is 0 Å². The molecule has 0 bridgehead atoms. The van der Waals surface area contributed by atoms with E-state index in [1.54, 1.807) is 0 Å². The molecule has 1 aliphatic rings. The van der Waals surface area contributed by atoms with Crippen molar-refractivity contribution >= 4 is 6.03 Å². The number of nitrogens with zero attached hydrogens (tertiary/aromatic N) is 3. The molecule has 5 heteroatoms. The van der Waals surface area contributed by atoms with Gasteiger partial charge in [0.25, 0.3) is 0 Å². The van der Waals surface area contributed by atoms with Crippen LogP contribution in [0, 0.1) is 5.92 Å². The smallest absolute Gasteiger partial charge is 0.317 e. The van der Waals surface area contributed by atoms with Gasteiger partial charge in [0.15, 0.2) is 0 Å². The van der Waals surface area contributed by atoms with Crippen LogP contribution in [-0.2, 0) is 6.54 Å². The van der Waals surface area contributed by atoms with Crippen LogP contribution in [0.4, 0.5) is 4.79 Å². The number of carbonyl (C=O) groups is 1. The van der Waals surface area contributed by atoms with E-state index in [2.05, 4.69) is 36.4 Å². The number of hydrogen-bond acceptors (Lipinski definition) is 2. The van der Waals surface area contributed by atoms with E-state index in [1.807, 2.05) is 40.0 Å². The van der Waals surface area contributed by atoms with Crippen molar-refractivity contribution in [2.24, 2.45) is 5.92 Å². The van der Waals surface area contributed by atoms with Crippen molar-refractivity contribution in [3.05, 3.63) is 42.6 Å². The summed E-state index contributed by atoms with van der Waals surface area (Å²) < 4.78 is 1.93. The number of benzene rings is 1. The van der Waals surface area contributed by atoms with Crippen molar-refractivity contribution in [3.63, 3.8) is 0 Å². The molecule has 1 aromatic heterocycles. The van der Waals surface area contributed by atoms with Gasteiger partial charge in [-0.25, -0.2) is 4.79 Å². The molecule has 1 fully saturated rings. The zero-order valence-electron chi connectivity index (χ0n) is 14.5. The van der Waals surface area contributed by atoms with Gasteiger partial charge in [0.05, 0.1) is 18.3 Å². The minimum atomic E-state index is 0.0571. The van der Waals surface area contributed by atoms with E-state index in [1.165, 1.54) is 0 Å². The number of hydrogen-bond donors (Lipinski definition) is 1. The van der Waals surface area contributed by atoms with Crippen LogP contribution in [0.15, 0.2) is 42.6 Å². The van der Waals surface area contributed by atoms with Gasteiger partial charge in [-0.05, 0) is 24.8 Å². The molecule has 0 spiro atoms. The van der Waals surface area contributed by atoms with Gasteiger partial charge in [-0.2, -0.15) is 5.10 Å². The maximum Gasteiger partial charge on any atom is 0.317 e. The molecule has 2 amide bonds. The van der Waals surface area contributed by atoms with Crippen LogP contribution < -0.4 is 5.32 Å². The van der Waals surface area contributed by atoms with Gasteiger partial charge in [0.1, 0.15) is 0 Å². The first-order chi connectivity index (χ1) is 11.6. The van der Waals surface area contributed by atoms with Crippen LogP contribution >= 0.6 is 0 Å². The fourth-order valence-corrected chi connectivity index (χ4v) is 3.02. The lowest BCUT2D eigenvalue weighted by Gasteiger charge is -2.25. The van der Waals surface area contributed by atoms with Crippen molar-refractivity contribution in [3.8, 4) is 11.3 Å². The van der Waals surface area contributed by atoms with Crippen molar-refractivity contribution < 1.29 is 4.79 Å². The average Bonchev–Trinajstić information content (AvgIpc) is 3.27. The van der Waals surface area contributed by atoms with Crippen LogP contribution in [0.2, 0.25) is 0 Å². The number of aromatic nitrogens is 2. The minimum Gasteiger partial charge on any atom is -0.333 e. The van der Waals surface area contributed by atoms with Gasteiger partial charge in [-0.1, -0.05) is 44.2 Å². The van der Waals surface area contributed by atoms with Crippen LogP contribution in [-0.4, -0.2) is 39.8 Å². The molecule has 128 valence electrons. The molecule has 0 radical (unpaired) electrons. The third-order valence-corrected chi connectivity index (χ3v) is 4.60.